The molecule has 0 atom stereocenters. The topological polar surface area (TPSA) is 58.9 Å². The Balaban J connectivity index is 2.49. The highest BCUT2D eigenvalue weighted by molar-refractivity contribution is 5.85. The summed E-state index contributed by atoms with van der Waals surface area (Å²) in [6.07, 6.45) is 4.30. The van der Waals surface area contributed by atoms with Crippen LogP contribution in [0.5, 0.6) is 0 Å². The molecular formula is C11H10N2O2. The molecule has 2 rings (SSSR count). The summed E-state index contributed by atoms with van der Waals surface area (Å²) in [5.41, 5.74) is 2.94. The average molecular weight is 202 g/mol. The Hall–Kier alpha value is -2.10. The van der Waals surface area contributed by atoms with E-state index in [9.17, 15) is 10.1 Å². The van der Waals surface area contributed by atoms with Gasteiger partial charge in [0.05, 0.1) is 4.92 Å². The van der Waals surface area contributed by atoms with Gasteiger partial charge >= 0.3 is 0 Å². The first-order valence-corrected chi connectivity index (χ1v) is 4.56. The monoisotopic (exact) mass is 202 g/mol. The van der Waals surface area contributed by atoms with Crippen molar-refractivity contribution in [3.05, 3.63) is 51.8 Å². The van der Waals surface area contributed by atoms with Crippen molar-refractivity contribution in [1.82, 2.24) is 4.98 Å². The van der Waals surface area contributed by atoms with Gasteiger partial charge < -0.3 is 4.98 Å². The third-order valence-corrected chi connectivity index (χ3v) is 2.29. The summed E-state index contributed by atoms with van der Waals surface area (Å²) in [6.45, 7) is 1.99. The molecule has 4 heteroatoms. The molecule has 0 aliphatic heterocycles. The number of nitrogens with zero attached hydrogens (tertiary/aromatic N) is 1. The summed E-state index contributed by atoms with van der Waals surface area (Å²) in [6, 6.07) is 5.81. The highest BCUT2D eigenvalue weighted by Gasteiger charge is 2.00. The van der Waals surface area contributed by atoms with Crippen LogP contribution in [0.25, 0.3) is 17.0 Å². The number of nitrogens with one attached hydrogen (secondary N) is 1. The summed E-state index contributed by atoms with van der Waals surface area (Å²) < 4.78 is 0. The van der Waals surface area contributed by atoms with E-state index in [0.29, 0.717) is 0 Å². The average Bonchev–Trinajstić information content (AvgIpc) is 2.63. The van der Waals surface area contributed by atoms with Gasteiger partial charge in [0, 0.05) is 23.2 Å². The highest BCUT2D eigenvalue weighted by Crippen LogP contribution is 2.19. The number of rotatable bonds is 2. The molecule has 15 heavy (non-hydrogen) atoms. The van der Waals surface area contributed by atoms with Crippen LogP contribution in [0.15, 0.2) is 30.6 Å². The fourth-order valence-corrected chi connectivity index (χ4v) is 1.62. The van der Waals surface area contributed by atoms with Gasteiger partial charge in [0.1, 0.15) is 0 Å². The third kappa shape index (κ3) is 1.88. The van der Waals surface area contributed by atoms with Crippen molar-refractivity contribution in [2.75, 3.05) is 0 Å². The molecule has 0 amide bonds. The minimum Gasteiger partial charge on any atom is -0.361 e. The SMILES string of the molecule is Cc1cc(/C=C/[N+](=O)[O-])cc2[nH]ccc12. The summed E-state index contributed by atoms with van der Waals surface area (Å²) in [4.78, 5) is 12.8. The molecule has 0 bridgehead atoms. The molecule has 1 aromatic carbocycles. The van der Waals surface area contributed by atoms with E-state index < -0.39 is 4.92 Å². The van der Waals surface area contributed by atoms with Crippen LogP contribution in [-0.2, 0) is 0 Å². The lowest BCUT2D eigenvalue weighted by Crippen LogP contribution is -1.84. The van der Waals surface area contributed by atoms with E-state index in [1.807, 2.05) is 31.3 Å². The number of benzene rings is 1. The molecule has 1 heterocycles. The van der Waals surface area contributed by atoms with Crippen LogP contribution in [0.1, 0.15) is 11.1 Å². The Morgan fingerprint density at radius 3 is 3.00 bits per heavy atom. The van der Waals surface area contributed by atoms with Crippen LogP contribution in [-0.4, -0.2) is 9.91 Å². The zero-order valence-corrected chi connectivity index (χ0v) is 8.23. The van der Waals surface area contributed by atoms with E-state index in [-0.39, 0.29) is 0 Å². The summed E-state index contributed by atoms with van der Waals surface area (Å²) in [7, 11) is 0. The van der Waals surface area contributed by atoms with E-state index in [1.54, 1.807) is 0 Å². The van der Waals surface area contributed by atoms with Crippen LogP contribution < -0.4 is 0 Å². The van der Waals surface area contributed by atoms with Gasteiger partial charge in [-0.25, -0.2) is 0 Å². The molecule has 0 spiro atoms. The van der Waals surface area contributed by atoms with E-state index in [0.717, 1.165) is 28.2 Å². The quantitative estimate of drug-likeness (QED) is 0.601. The molecule has 2 aromatic rings. The first kappa shape index (κ1) is 9.45. The molecule has 0 radical (unpaired) electrons. The maximum atomic E-state index is 10.2. The van der Waals surface area contributed by atoms with Crippen LogP contribution in [0.3, 0.4) is 0 Å². The molecule has 0 unspecified atom stereocenters. The fraction of sp³-hybridized carbons (Fsp3) is 0.0909. The van der Waals surface area contributed by atoms with Crippen LogP contribution in [0, 0.1) is 17.0 Å². The second kappa shape index (κ2) is 3.57. The van der Waals surface area contributed by atoms with E-state index in [4.69, 9.17) is 0 Å². The number of hydrogen-bond acceptors (Lipinski definition) is 2. The predicted octanol–water partition coefficient (Wildman–Crippen LogP) is 2.72. The lowest BCUT2D eigenvalue weighted by atomic mass is 10.1. The minimum atomic E-state index is -0.464. The van der Waals surface area contributed by atoms with E-state index in [2.05, 4.69) is 4.98 Å². The number of aromatic amines is 1. The Morgan fingerprint density at radius 1 is 1.47 bits per heavy atom. The predicted molar refractivity (Wildman–Crippen MR) is 59.1 cm³/mol. The summed E-state index contributed by atoms with van der Waals surface area (Å²) in [5, 5.41) is 11.3. The molecule has 0 aliphatic rings. The Labute approximate surface area is 86.4 Å². The van der Waals surface area contributed by atoms with Crippen molar-refractivity contribution in [2.45, 2.75) is 6.92 Å². The fourth-order valence-electron chi connectivity index (χ4n) is 1.62. The Kier molecular flexibility index (Phi) is 2.25. The standard InChI is InChI=1S/C11H10N2O2/c1-8-6-9(3-5-13(14)15)7-11-10(8)2-4-12-11/h2-7,12H,1H3/b5-3+. The molecular weight excluding hydrogens is 192 g/mol. The van der Waals surface area contributed by atoms with Gasteiger partial charge in [-0.3, -0.25) is 10.1 Å². The molecule has 1 N–H and O–H groups in total. The Morgan fingerprint density at radius 2 is 2.27 bits per heavy atom. The molecule has 0 aliphatic carbocycles. The van der Waals surface area contributed by atoms with Crippen LogP contribution in [0.2, 0.25) is 0 Å². The number of aryl methyl sites for hydroxylation is 1. The maximum absolute atomic E-state index is 10.2. The number of nitro groups is 1. The normalized spacial score (nSPS) is 11.3. The van der Waals surface area contributed by atoms with Gasteiger partial charge in [-0.15, -0.1) is 0 Å². The number of fused-ring (bicyclic) bond motifs is 1. The van der Waals surface area contributed by atoms with Crippen molar-refractivity contribution in [3.8, 4) is 0 Å². The van der Waals surface area contributed by atoms with Gasteiger partial charge in [-0.2, -0.15) is 0 Å². The third-order valence-electron chi connectivity index (χ3n) is 2.29. The molecule has 0 saturated heterocycles. The molecule has 4 nitrogen and oxygen atoms in total. The summed E-state index contributed by atoms with van der Waals surface area (Å²) in [5.74, 6) is 0. The molecule has 76 valence electrons. The first-order valence-electron chi connectivity index (χ1n) is 4.56. The van der Waals surface area contributed by atoms with Gasteiger partial charge in [0.15, 0.2) is 0 Å². The molecule has 1 aromatic heterocycles. The lowest BCUT2D eigenvalue weighted by Gasteiger charge is -1.98. The van der Waals surface area contributed by atoms with Crippen molar-refractivity contribution in [3.63, 3.8) is 0 Å². The maximum Gasteiger partial charge on any atom is 0.235 e. The second-order valence-corrected chi connectivity index (χ2v) is 3.38. The Bertz CT molecular complexity index is 541. The van der Waals surface area contributed by atoms with Gasteiger partial charge in [0.2, 0.25) is 6.20 Å². The van der Waals surface area contributed by atoms with Crippen molar-refractivity contribution in [1.29, 1.82) is 0 Å². The van der Waals surface area contributed by atoms with Gasteiger partial charge in [-0.05, 0) is 30.2 Å². The van der Waals surface area contributed by atoms with Crippen molar-refractivity contribution in [2.24, 2.45) is 0 Å². The highest BCUT2D eigenvalue weighted by atomic mass is 16.6. The number of H-pyrrole nitrogens is 1. The van der Waals surface area contributed by atoms with Crippen LogP contribution >= 0.6 is 0 Å². The van der Waals surface area contributed by atoms with Gasteiger partial charge in [-0.1, -0.05) is 6.07 Å². The van der Waals surface area contributed by atoms with E-state index >= 15 is 0 Å². The first-order chi connectivity index (χ1) is 7.16. The lowest BCUT2D eigenvalue weighted by molar-refractivity contribution is -0.400. The number of aromatic nitrogens is 1. The van der Waals surface area contributed by atoms with Gasteiger partial charge in [0.25, 0.3) is 0 Å². The molecule has 0 saturated carbocycles. The number of hydrogen-bond donors (Lipinski definition) is 1. The summed E-state index contributed by atoms with van der Waals surface area (Å²) >= 11 is 0. The zero-order valence-electron chi connectivity index (χ0n) is 8.23. The smallest absolute Gasteiger partial charge is 0.235 e. The van der Waals surface area contributed by atoms with Crippen molar-refractivity contribution >= 4 is 17.0 Å². The van der Waals surface area contributed by atoms with Crippen LogP contribution in [0.4, 0.5) is 0 Å². The largest absolute Gasteiger partial charge is 0.361 e. The van der Waals surface area contributed by atoms with Crippen molar-refractivity contribution < 1.29 is 4.92 Å². The second-order valence-electron chi connectivity index (χ2n) is 3.38. The molecule has 0 fully saturated rings. The minimum absolute atomic E-state index is 0.464. The zero-order chi connectivity index (χ0) is 10.8. The van der Waals surface area contributed by atoms with E-state index in [1.165, 1.54) is 6.08 Å².